The third-order valence-corrected chi connectivity index (χ3v) is 16.9. The minimum atomic E-state index is -0.770. The molecule has 82 heavy (non-hydrogen) atoms. The first kappa shape index (κ1) is 79.6. The fourth-order valence-corrected chi connectivity index (χ4v) is 11.3. The monoisotopic (exact) mass is 1150 g/mol. The van der Waals surface area contributed by atoms with Crippen molar-refractivity contribution in [3.63, 3.8) is 0 Å². The summed E-state index contributed by atoms with van der Waals surface area (Å²) in [6.07, 6.45) is 89.4. The topological polar surface area (TPSA) is 78.9 Å². The molecule has 6 heteroatoms. The summed E-state index contributed by atoms with van der Waals surface area (Å²) in [4.78, 5) is 38.2. The lowest BCUT2D eigenvalue weighted by atomic mass is 10.0. The van der Waals surface area contributed by atoms with Gasteiger partial charge in [-0.15, -0.1) is 0 Å². The Hall–Kier alpha value is -2.37. The number of carbonyl (C=O) groups excluding carboxylic acids is 3. The second-order valence-corrected chi connectivity index (χ2v) is 25.2. The van der Waals surface area contributed by atoms with Crippen molar-refractivity contribution >= 4 is 17.9 Å². The summed E-state index contributed by atoms with van der Waals surface area (Å²) in [6.45, 7) is 6.66. The number of ether oxygens (including phenoxy) is 3. The summed E-state index contributed by atoms with van der Waals surface area (Å²) in [7, 11) is 0. The van der Waals surface area contributed by atoms with Crippen LogP contribution in [0.4, 0.5) is 0 Å². The molecular formula is C76H142O6. The molecule has 1 atom stereocenters. The number of allylic oxidation sites excluding steroid dienone is 6. The van der Waals surface area contributed by atoms with Gasteiger partial charge in [0.05, 0.1) is 0 Å². The Bertz CT molecular complexity index is 1370. The van der Waals surface area contributed by atoms with Gasteiger partial charge in [-0.2, -0.15) is 0 Å². The zero-order chi connectivity index (χ0) is 59.2. The Morgan fingerprint density at radius 3 is 0.683 bits per heavy atom. The summed E-state index contributed by atoms with van der Waals surface area (Å²) >= 11 is 0. The SMILES string of the molecule is CCCCCCC/C=C\C/C=C\CCCCCCCCCCCC(=O)OC(COC(=O)CCCCCCCCCC)COC(=O)CCCCCCCCCCCCCCCCCCCCCCCCC/C=C\CCCCCCCCCC. The molecule has 0 bridgehead atoms. The fraction of sp³-hybridized carbons (Fsp3) is 0.882. The van der Waals surface area contributed by atoms with Crippen LogP contribution in [0.3, 0.4) is 0 Å². The molecule has 0 rings (SSSR count). The summed E-state index contributed by atoms with van der Waals surface area (Å²) in [5.74, 6) is -0.851. The molecule has 0 aliphatic rings. The van der Waals surface area contributed by atoms with E-state index < -0.39 is 6.10 Å². The maximum atomic E-state index is 12.9. The molecule has 0 fully saturated rings. The molecule has 0 saturated carbocycles. The fourth-order valence-electron chi connectivity index (χ4n) is 11.3. The van der Waals surface area contributed by atoms with E-state index in [1.165, 1.54) is 308 Å². The zero-order valence-electron chi connectivity index (χ0n) is 55.5. The second kappa shape index (κ2) is 71.1. The van der Waals surface area contributed by atoms with Crippen LogP contribution in [0.1, 0.15) is 412 Å². The van der Waals surface area contributed by atoms with Gasteiger partial charge in [-0.3, -0.25) is 14.4 Å². The molecule has 0 aromatic heterocycles. The Morgan fingerprint density at radius 2 is 0.439 bits per heavy atom. The number of carbonyl (C=O) groups is 3. The highest BCUT2D eigenvalue weighted by molar-refractivity contribution is 5.71. The quantitative estimate of drug-likeness (QED) is 0.0261. The van der Waals surface area contributed by atoms with Crippen LogP contribution < -0.4 is 0 Å². The molecule has 0 saturated heterocycles. The second-order valence-electron chi connectivity index (χ2n) is 25.2. The van der Waals surface area contributed by atoms with Crippen molar-refractivity contribution < 1.29 is 28.6 Å². The van der Waals surface area contributed by atoms with Gasteiger partial charge in [0.2, 0.25) is 0 Å². The molecule has 0 N–H and O–H groups in total. The number of unbranched alkanes of at least 4 members (excludes halogenated alkanes) is 52. The van der Waals surface area contributed by atoms with Crippen molar-refractivity contribution in [1.82, 2.24) is 0 Å². The summed E-state index contributed by atoms with van der Waals surface area (Å²) in [5, 5.41) is 0. The minimum absolute atomic E-state index is 0.0684. The highest BCUT2D eigenvalue weighted by atomic mass is 16.6. The van der Waals surface area contributed by atoms with Crippen LogP contribution in [0.5, 0.6) is 0 Å². The number of rotatable bonds is 69. The van der Waals surface area contributed by atoms with E-state index in [1.807, 2.05) is 0 Å². The van der Waals surface area contributed by atoms with E-state index in [0.29, 0.717) is 19.3 Å². The molecule has 6 nitrogen and oxygen atoms in total. The van der Waals surface area contributed by atoms with Gasteiger partial charge in [0.1, 0.15) is 13.2 Å². The molecule has 1 unspecified atom stereocenters. The van der Waals surface area contributed by atoms with Crippen LogP contribution in [0, 0.1) is 0 Å². The van der Waals surface area contributed by atoms with Crippen LogP contribution in [-0.4, -0.2) is 37.2 Å². The van der Waals surface area contributed by atoms with E-state index in [9.17, 15) is 14.4 Å². The van der Waals surface area contributed by atoms with E-state index >= 15 is 0 Å². The molecule has 0 aromatic rings. The molecule has 0 heterocycles. The van der Waals surface area contributed by atoms with Crippen LogP contribution in [-0.2, 0) is 28.6 Å². The van der Waals surface area contributed by atoms with E-state index in [0.717, 1.165) is 64.2 Å². The van der Waals surface area contributed by atoms with Gasteiger partial charge < -0.3 is 14.2 Å². The Balaban J connectivity index is 3.98. The van der Waals surface area contributed by atoms with Crippen molar-refractivity contribution in [1.29, 1.82) is 0 Å². The molecule has 0 aromatic carbocycles. The van der Waals surface area contributed by atoms with E-state index in [4.69, 9.17) is 14.2 Å². The van der Waals surface area contributed by atoms with Crippen molar-refractivity contribution in [2.45, 2.75) is 419 Å². The minimum Gasteiger partial charge on any atom is -0.462 e. The normalized spacial score (nSPS) is 12.2. The van der Waals surface area contributed by atoms with Gasteiger partial charge in [0.15, 0.2) is 6.10 Å². The van der Waals surface area contributed by atoms with Gasteiger partial charge >= 0.3 is 17.9 Å². The molecule has 0 radical (unpaired) electrons. The van der Waals surface area contributed by atoms with E-state index in [2.05, 4.69) is 57.2 Å². The predicted molar refractivity (Wildman–Crippen MR) is 358 cm³/mol. The number of hydrogen-bond donors (Lipinski definition) is 0. The Kier molecular flexibility index (Phi) is 69.1. The van der Waals surface area contributed by atoms with Crippen molar-refractivity contribution in [3.8, 4) is 0 Å². The summed E-state index contributed by atoms with van der Waals surface area (Å²) in [6, 6.07) is 0. The average Bonchev–Trinajstić information content (AvgIpc) is 3.48. The first-order valence-corrected chi connectivity index (χ1v) is 37.0. The highest BCUT2D eigenvalue weighted by Gasteiger charge is 2.19. The maximum Gasteiger partial charge on any atom is 0.306 e. The third kappa shape index (κ3) is 68.4. The van der Waals surface area contributed by atoms with Crippen molar-refractivity contribution in [2.24, 2.45) is 0 Å². The van der Waals surface area contributed by atoms with Gasteiger partial charge in [-0.25, -0.2) is 0 Å². The maximum absolute atomic E-state index is 12.9. The molecule has 482 valence electrons. The largest absolute Gasteiger partial charge is 0.462 e. The molecule has 0 amide bonds. The molecule has 0 aliphatic carbocycles. The smallest absolute Gasteiger partial charge is 0.306 e. The van der Waals surface area contributed by atoms with E-state index in [1.54, 1.807) is 0 Å². The molecular weight excluding hydrogens is 1010 g/mol. The first-order chi connectivity index (χ1) is 40.5. The van der Waals surface area contributed by atoms with Crippen LogP contribution in [0.15, 0.2) is 36.5 Å². The lowest BCUT2D eigenvalue weighted by Crippen LogP contribution is -2.30. The Labute approximate surface area is 512 Å². The first-order valence-electron chi connectivity index (χ1n) is 37.0. The summed E-state index contributed by atoms with van der Waals surface area (Å²) < 4.78 is 16.9. The van der Waals surface area contributed by atoms with Crippen molar-refractivity contribution in [3.05, 3.63) is 36.5 Å². The average molecular weight is 1150 g/mol. The van der Waals surface area contributed by atoms with Gasteiger partial charge in [-0.1, -0.05) is 353 Å². The van der Waals surface area contributed by atoms with Crippen LogP contribution in [0.25, 0.3) is 0 Å². The zero-order valence-corrected chi connectivity index (χ0v) is 55.5. The van der Waals surface area contributed by atoms with Gasteiger partial charge in [0.25, 0.3) is 0 Å². The Morgan fingerprint density at radius 1 is 0.244 bits per heavy atom. The number of hydrogen-bond acceptors (Lipinski definition) is 6. The third-order valence-electron chi connectivity index (χ3n) is 16.9. The predicted octanol–water partition coefficient (Wildman–Crippen LogP) is 25.5. The summed E-state index contributed by atoms with van der Waals surface area (Å²) in [5.41, 5.74) is 0. The van der Waals surface area contributed by atoms with Gasteiger partial charge in [-0.05, 0) is 77.0 Å². The number of esters is 3. The lowest BCUT2D eigenvalue weighted by molar-refractivity contribution is -0.167. The highest BCUT2D eigenvalue weighted by Crippen LogP contribution is 2.19. The van der Waals surface area contributed by atoms with Crippen molar-refractivity contribution in [2.75, 3.05) is 13.2 Å². The van der Waals surface area contributed by atoms with Crippen LogP contribution >= 0.6 is 0 Å². The molecule has 0 spiro atoms. The van der Waals surface area contributed by atoms with E-state index in [-0.39, 0.29) is 31.1 Å². The lowest BCUT2D eigenvalue weighted by Gasteiger charge is -2.18. The van der Waals surface area contributed by atoms with Gasteiger partial charge in [0, 0.05) is 19.3 Å². The van der Waals surface area contributed by atoms with Crippen LogP contribution in [0.2, 0.25) is 0 Å². The molecule has 0 aliphatic heterocycles. The standard InChI is InChI=1S/C76H142O6/c1-4-7-10-13-16-19-21-23-25-27-29-31-32-33-34-35-36-37-38-39-40-41-42-43-44-46-47-49-51-53-55-57-60-63-66-69-75(78)81-72-73(71-80-74(77)68-65-62-59-18-15-12-9-6-3)82-76(79)70-67-64-61-58-56-54-52-50-48-45-30-28-26-24-22-20-17-14-11-8-5-2/h22,24,27-30,73H,4-21,23,25-26,31-72H2,1-3H3/b24-22-,29-27-,30-28-.